The number of aliphatic carboxylic acids is 1. The second-order valence-electron chi connectivity index (χ2n) is 7.02. The minimum atomic E-state index is -5.08. The standard InChI is InChI=1S/C20H23N5O.C2HF3O2/c1-15-9-10-16(19-14-25(24-23-19)12-6-5-11-21)13-18(15)20(26)22-17-7-3-2-4-8-17;3-2(4,5)1(6)7/h2-4,7-10,13-14H,5-6,11-12,21H2,1H3,(H,22,26);(H,6,7). The number of alkyl halides is 3. The van der Waals surface area contributed by atoms with Gasteiger partial charge in [-0.05, 0) is 50.1 Å². The first-order valence-corrected chi connectivity index (χ1v) is 9.99. The third kappa shape index (κ3) is 8.04. The van der Waals surface area contributed by atoms with E-state index in [9.17, 15) is 18.0 Å². The predicted molar refractivity (Wildman–Crippen MR) is 117 cm³/mol. The number of hydrogen-bond donors (Lipinski definition) is 3. The van der Waals surface area contributed by atoms with Crippen LogP contribution in [0.2, 0.25) is 0 Å². The molecule has 33 heavy (non-hydrogen) atoms. The van der Waals surface area contributed by atoms with E-state index in [0.717, 1.165) is 41.9 Å². The van der Waals surface area contributed by atoms with E-state index in [2.05, 4.69) is 15.6 Å². The van der Waals surface area contributed by atoms with Crippen LogP contribution in [0, 0.1) is 6.92 Å². The van der Waals surface area contributed by atoms with Gasteiger partial charge in [-0.2, -0.15) is 13.2 Å². The summed E-state index contributed by atoms with van der Waals surface area (Å²) in [5.41, 5.74) is 9.46. The molecular formula is C22H24F3N5O3. The van der Waals surface area contributed by atoms with Crippen LogP contribution in [-0.4, -0.2) is 44.7 Å². The molecule has 3 aromatic rings. The monoisotopic (exact) mass is 463 g/mol. The molecule has 1 amide bonds. The fourth-order valence-electron chi connectivity index (χ4n) is 2.70. The number of rotatable bonds is 7. The lowest BCUT2D eigenvalue weighted by Crippen LogP contribution is -2.21. The molecule has 0 radical (unpaired) electrons. The van der Waals surface area contributed by atoms with Crippen molar-refractivity contribution >= 4 is 17.6 Å². The lowest BCUT2D eigenvalue weighted by Gasteiger charge is -2.09. The fraction of sp³-hybridized carbons (Fsp3) is 0.273. The number of halogens is 3. The zero-order valence-corrected chi connectivity index (χ0v) is 17.8. The Morgan fingerprint density at radius 2 is 1.79 bits per heavy atom. The molecule has 8 nitrogen and oxygen atoms in total. The summed E-state index contributed by atoms with van der Waals surface area (Å²) < 4.78 is 33.6. The third-order valence-electron chi connectivity index (χ3n) is 4.43. The predicted octanol–water partition coefficient (Wildman–Crippen LogP) is 3.88. The number of unbranched alkanes of at least 4 members (excludes halogenated alkanes) is 1. The molecule has 4 N–H and O–H groups in total. The number of benzene rings is 2. The van der Waals surface area contributed by atoms with Crippen LogP contribution in [0.1, 0.15) is 28.8 Å². The highest BCUT2D eigenvalue weighted by molar-refractivity contribution is 6.05. The molecule has 0 saturated heterocycles. The Bertz CT molecular complexity index is 1070. The first-order valence-electron chi connectivity index (χ1n) is 9.99. The Labute approximate surface area is 188 Å². The van der Waals surface area contributed by atoms with Crippen LogP contribution in [0.15, 0.2) is 54.7 Å². The van der Waals surface area contributed by atoms with E-state index < -0.39 is 12.1 Å². The Hall–Kier alpha value is -3.73. The lowest BCUT2D eigenvalue weighted by atomic mass is 10.0. The molecule has 176 valence electrons. The van der Waals surface area contributed by atoms with Gasteiger partial charge in [0.15, 0.2) is 0 Å². The van der Waals surface area contributed by atoms with E-state index in [4.69, 9.17) is 15.6 Å². The van der Waals surface area contributed by atoms with Crippen LogP contribution in [0.4, 0.5) is 18.9 Å². The van der Waals surface area contributed by atoms with Crippen molar-refractivity contribution < 1.29 is 27.9 Å². The molecule has 1 aromatic heterocycles. The maximum Gasteiger partial charge on any atom is 0.490 e. The minimum Gasteiger partial charge on any atom is -0.475 e. The molecule has 1 heterocycles. The Morgan fingerprint density at radius 1 is 1.12 bits per heavy atom. The topological polar surface area (TPSA) is 123 Å². The van der Waals surface area contributed by atoms with Crippen molar-refractivity contribution in [3.05, 3.63) is 65.9 Å². The van der Waals surface area contributed by atoms with Gasteiger partial charge < -0.3 is 16.2 Å². The molecular weight excluding hydrogens is 439 g/mol. The summed E-state index contributed by atoms with van der Waals surface area (Å²) in [6.07, 6.45) is -1.25. The molecule has 3 rings (SSSR count). The van der Waals surface area contributed by atoms with Crippen molar-refractivity contribution in [3.8, 4) is 11.3 Å². The van der Waals surface area contributed by atoms with Gasteiger partial charge in [0.25, 0.3) is 5.91 Å². The van der Waals surface area contributed by atoms with Crippen LogP contribution in [0.25, 0.3) is 11.3 Å². The fourth-order valence-corrected chi connectivity index (χ4v) is 2.70. The van der Waals surface area contributed by atoms with Crippen molar-refractivity contribution in [3.63, 3.8) is 0 Å². The van der Waals surface area contributed by atoms with Gasteiger partial charge in [-0.1, -0.05) is 35.5 Å². The summed E-state index contributed by atoms with van der Waals surface area (Å²) in [7, 11) is 0. The molecule has 2 aromatic carbocycles. The van der Waals surface area contributed by atoms with E-state index in [1.807, 2.05) is 66.3 Å². The van der Waals surface area contributed by atoms with Gasteiger partial charge in [0.1, 0.15) is 5.69 Å². The number of nitrogens with zero attached hydrogens (tertiary/aromatic N) is 3. The molecule has 0 saturated carbocycles. The third-order valence-corrected chi connectivity index (χ3v) is 4.43. The number of carbonyl (C=O) groups excluding carboxylic acids is 1. The lowest BCUT2D eigenvalue weighted by molar-refractivity contribution is -0.192. The number of aromatic nitrogens is 3. The highest BCUT2D eigenvalue weighted by atomic mass is 19.4. The first kappa shape index (κ1) is 25.5. The van der Waals surface area contributed by atoms with Crippen molar-refractivity contribution in [1.82, 2.24) is 15.0 Å². The summed E-state index contributed by atoms with van der Waals surface area (Å²) in [5.74, 6) is -2.89. The molecule has 0 aliphatic rings. The highest BCUT2D eigenvalue weighted by Crippen LogP contribution is 2.21. The first-order chi connectivity index (χ1) is 15.6. The van der Waals surface area contributed by atoms with Gasteiger partial charge in [-0.3, -0.25) is 9.48 Å². The Balaban J connectivity index is 0.000000479. The van der Waals surface area contributed by atoms with Gasteiger partial charge >= 0.3 is 12.1 Å². The van der Waals surface area contributed by atoms with Gasteiger partial charge in [0, 0.05) is 23.4 Å². The molecule has 0 fully saturated rings. The summed E-state index contributed by atoms with van der Waals surface area (Å²) >= 11 is 0. The van der Waals surface area contributed by atoms with E-state index in [-0.39, 0.29) is 5.91 Å². The van der Waals surface area contributed by atoms with Crippen molar-refractivity contribution in [2.45, 2.75) is 32.5 Å². The Kier molecular flexibility index (Phi) is 9.10. The zero-order chi connectivity index (χ0) is 24.4. The van der Waals surface area contributed by atoms with E-state index in [0.29, 0.717) is 12.1 Å². The van der Waals surface area contributed by atoms with Crippen LogP contribution in [0.3, 0.4) is 0 Å². The van der Waals surface area contributed by atoms with Crippen molar-refractivity contribution in [2.75, 3.05) is 11.9 Å². The van der Waals surface area contributed by atoms with Gasteiger partial charge in [0.05, 0.1) is 6.20 Å². The maximum absolute atomic E-state index is 12.6. The van der Waals surface area contributed by atoms with Crippen LogP contribution < -0.4 is 11.1 Å². The number of nitrogens with one attached hydrogen (secondary N) is 1. The highest BCUT2D eigenvalue weighted by Gasteiger charge is 2.38. The number of carboxylic acids is 1. The number of aryl methyl sites for hydroxylation is 2. The molecule has 0 atom stereocenters. The smallest absolute Gasteiger partial charge is 0.475 e. The van der Waals surface area contributed by atoms with Crippen molar-refractivity contribution in [2.24, 2.45) is 5.73 Å². The number of para-hydroxylation sites is 1. The SMILES string of the molecule is Cc1ccc(-c2cn(CCCCN)nn2)cc1C(=O)Nc1ccccc1.O=C(O)C(F)(F)F. The van der Waals surface area contributed by atoms with Gasteiger partial charge in [-0.15, -0.1) is 5.10 Å². The van der Waals surface area contributed by atoms with E-state index in [1.54, 1.807) is 0 Å². The van der Waals surface area contributed by atoms with Crippen LogP contribution in [0.5, 0.6) is 0 Å². The minimum absolute atomic E-state index is 0.133. The summed E-state index contributed by atoms with van der Waals surface area (Å²) in [4.78, 5) is 21.5. The summed E-state index contributed by atoms with van der Waals surface area (Å²) in [6.45, 7) is 3.39. The number of hydrogen-bond acceptors (Lipinski definition) is 5. The summed E-state index contributed by atoms with van der Waals surface area (Å²) in [5, 5.41) is 18.4. The van der Waals surface area contributed by atoms with Crippen LogP contribution >= 0.6 is 0 Å². The zero-order valence-electron chi connectivity index (χ0n) is 17.8. The average Bonchev–Trinajstić information content (AvgIpc) is 3.23. The molecule has 0 bridgehead atoms. The number of carboxylic acid groups (broad SMARTS) is 1. The number of carbonyl (C=O) groups is 2. The number of amides is 1. The van der Waals surface area contributed by atoms with E-state index >= 15 is 0 Å². The number of nitrogens with two attached hydrogens (primary N) is 1. The molecule has 0 aliphatic carbocycles. The van der Waals surface area contributed by atoms with Gasteiger partial charge in [-0.25, -0.2) is 4.79 Å². The average molecular weight is 463 g/mol. The van der Waals surface area contributed by atoms with Crippen LogP contribution in [-0.2, 0) is 11.3 Å². The molecule has 11 heteroatoms. The van der Waals surface area contributed by atoms with E-state index in [1.165, 1.54) is 0 Å². The summed E-state index contributed by atoms with van der Waals surface area (Å²) in [6, 6.07) is 15.2. The Morgan fingerprint density at radius 3 is 2.39 bits per heavy atom. The van der Waals surface area contributed by atoms with Crippen molar-refractivity contribution in [1.29, 1.82) is 0 Å². The van der Waals surface area contributed by atoms with Gasteiger partial charge in [0.2, 0.25) is 0 Å². The number of anilines is 1. The molecule has 0 unspecified atom stereocenters. The normalized spacial score (nSPS) is 10.8. The largest absolute Gasteiger partial charge is 0.490 e. The molecule has 0 spiro atoms. The second kappa shape index (κ2) is 11.8. The second-order valence-corrected chi connectivity index (χ2v) is 7.02. The quantitative estimate of drug-likeness (QED) is 0.457. The molecule has 0 aliphatic heterocycles. The maximum atomic E-state index is 12.6.